The molecule has 1 heterocycles. The number of nitrogens with one attached hydrogen (secondary N) is 2. The van der Waals surface area contributed by atoms with Crippen LogP contribution in [0.4, 0.5) is 5.69 Å². The Hall–Kier alpha value is -3.61. The highest BCUT2D eigenvalue weighted by Gasteiger charge is 2.10. The van der Waals surface area contributed by atoms with E-state index in [2.05, 4.69) is 15.7 Å². The lowest BCUT2D eigenvalue weighted by molar-refractivity contribution is -0.124. The van der Waals surface area contributed by atoms with Crippen LogP contribution in [0, 0.1) is 6.92 Å². The van der Waals surface area contributed by atoms with Crippen molar-refractivity contribution in [2.24, 2.45) is 0 Å². The fourth-order valence-corrected chi connectivity index (χ4v) is 2.85. The minimum absolute atomic E-state index is 0.0980. The van der Waals surface area contributed by atoms with Gasteiger partial charge in [-0.05, 0) is 48.7 Å². The van der Waals surface area contributed by atoms with Crippen molar-refractivity contribution in [3.05, 3.63) is 72.1 Å². The lowest BCUT2D eigenvalue weighted by Gasteiger charge is -2.11. The molecule has 0 unspecified atom stereocenters. The summed E-state index contributed by atoms with van der Waals surface area (Å²) in [6.07, 6.45) is 4.48. The average Bonchev–Trinajstić information content (AvgIpc) is 3.21. The number of methoxy groups -OCH3 is 1. The van der Waals surface area contributed by atoms with Crippen molar-refractivity contribution in [3.63, 3.8) is 0 Å². The van der Waals surface area contributed by atoms with Crippen molar-refractivity contribution in [2.75, 3.05) is 19.0 Å². The molecule has 0 atom stereocenters. The van der Waals surface area contributed by atoms with Crippen molar-refractivity contribution < 1.29 is 14.3 Å². The van der Waals surface area contributed by atoms with Crippen molar-refractivity contribution in [1.82, 2.24) is 15.1 Å². The molecule has 0 saturated carbocycles. The van der Waals surface area contributed by atoms with Gasteiger partial charge in [-0.25, -0.2) is 4.68 Å². The Morgan fingerprint density at radius 3 is 2.66 bits per heavy atom. The van der Waals surface area contributed by atoms with Crippen LogP contribution < -0.4 is 15.4 Å². The molecule has 2 aromatic carbocycles. The number of para-hydroxylation sites is 1. The Balaban J connectivity index is 1.45. The molecular formula is C22H24N4O3. The number of nitrogens with zero attached hydrogens (tertiary/aromatic N) is 2. The molecule has 3 aromatic rings. The summed E-state index contributed by atoms with van der Waals surface area (Å²) in [6, 6.07) is 15.3. The van der Waals surface area contributed by atoms with E-state index in [4.69, 9.17) is 4.74 Å². The molecule has 0 bridgehead atoms. The van der Waals surface area contributed by atoms with Crippen molar-refractivity contribution >= 4 is 17.5 Å². The zero-order valence-corrected chi connectivity index (χ0v) is 16.5. The van der Waals surface area contributed by atoms with Gasteiger partial charge in [-0.2, -0.15) is 5.10 Å². The Morgan fingerprint density at radius 2 is 1.90 bits per heavy atom. The highest BCUT2D eigenvalue weighted by atomic mass is 16.5. The predicted octanol–water partition coefficient (Wildman–Crippen LogP) is 2.88. The van der Waals surface area contributed by atoms with Crippen LogP contribution >= 0.6 is 0 Å². The van der Waals surface area contributed by atoms with Gasteiger partial charge in [0, 0.05) is 12.6 Å². The summed E-state index contributed by atoms with van der Waals surface area (Å²) in [6.45, 7) is 1.83. The van der Waals surface area contributed by atoms with E-state index < -0.39 is 0 Å². The van der Waals surface area contributed by atoms with Crippen LogP contribution in [0.5, 0.6) is 5.75 Å². The van der Waals surface area contributed by atoms with E-state index >= 15 is 0 Å². The van der Waals surface area contributed by atoms with Gasteiger partial charge in [0.25, 0.3) is 0 Å². The second kappa shape index (κ2) is 9.54. The minimum Gasteiger partial charge on any atom is -0.495 e. The second-order valence-electron chi connectivity index (χ2n) is 6.66. The lowest BCUT2D eigenvalue weighted by Crippen LogP contribution is -2.33. The van der Waals surface area contributed by atoms with Gasteiger partial charge in [-0.3, -0.25) is 9.59 Å². The fraction of sp³-hybridized carbons (Fsp3) is 0.227. The van der Waals surface area contributed by atoms with Crippen LogP contribution in [0.25, 0.3) is 5.69 Å². The molecule has 0 spiro atoms. The summed E-state index contributed by atoms with van der Waals surface area (Å²) < 4.78 is 7.01. The summed E-state index contributed by atoms with van der Waals surface area (Å²) >= 11 is 0. The number of anilines is 1. The maximum atomic E-state index is 12.1. The molecule has 2 amide bonds. The number of hydrogen-bond donors (Lipinski definition) is 2. The number of aromatic nitrogens is 2. The number of carbonyl (C=O) groups is 2. The van der Waals surface area contributed by atoms with Gasteiger partial charge in [0.05, 0.1) is 31.2 Å². The third-order valence-electron chi connectivity index (χ3n) is 4.37. The molecule has 1 aromatic heterocycles. The number of amides is 2. The van der Waals surface area contributed by atoms with Crippen molar-refractivity contribution in [3.8, 4) is 11.4 Å². The van der Waals surface area contributed by atoms with Crippen molar-refractivity contribution in [2.45, 2.75) is 19.8 Å². The summed E-state index contributed by atoms with van der Waals surface area (Å²) in [7, 11) is 1.54. The number of benzene rings is 2. The summed E-state index contributed by atoms with van der Waals surface area (Å²) in [5, 5.41) is 9.72. The maximum absolute atomic E-state index is 12.1. The zero-order chi connectivity index (χ0) is 20.6. The van der Waals surface area contributed by atoms with Crippen LogP contribution in [0.15, 0.2) is 60.9 Å². The first-order valence-corrected chi connectivity index (χ1v) is 9.35. The Bertz CT molecular complexity index is 983. The number of carbonyl (C=O) groups excluding carboxylic acids is 2. The van der Waals surface area contributed by atoms with Crippen LogP contribution in [-0.4, -0.2) is 35.2 Å². The third-order valence-corrected chi connectivity index (χ3v) is 4.37. The van der Waals surface area contributed by atoms with Gasteiger partial charge in [-0.15, -0.1) is 0 Å². The van der Waals surface area contributed by atoms with E-state index in [1.165, 1.54) is 0 Å². The van der Waals surface area contributed by atoms with Crippen LogP contribution in [0.3, 0.4) is 0 Å². The second-order valence-corrected chi connectivity index (χ2v) is 6.66. The molecule has 7 heteroatoms. The average molecular weight is 392 g/mol. The van der Waals surface area contributed by atoms with Gasteiger partial charge in [0.1, 0.15) is 5.75 Å². The molecule has 3 rings (SSSR count). The van der Waals surface area contributed by atoms with E-state index in [9.17, 15) is 9.59 Å². The highest BCUT2D eigenvalue weighted by molar-refractivity contribution is 5.95. The van der Waals surface area contributed by atoms with E-state index in [0.29, 0.717) is 17.9 Å². The zero-order valence-electron chi connectivity index (χ0n) is 16.5. The molecule has 29 heavy (non-hydrogen) atoms. The minimum atomic E-state index is -0.306. The maximum Gasteiger partial charge on any atom is 0.243 e. The molecule has 0 saturated heterocycles. The fourth-order valence-electron chi connectivity index (χ4n) is 2.85. The first-order valence-electron chi connectivity index (χ1n) is 9.35. The van der Waals surface area contributed by atoms with E-state index in [1.807, 2.05) is 55.6 Å². The monoisotopic (exact) mass is 392 g/mol. The Labute approximate surface area is 169 Å². The lowest BCUT2D eigenvalue weighted by atomic mass is 10.2. The normalized spacial score (nSPS) is 10.4. The standard InChI is InChI=1S/C22H24N4O3/c1-16-8-10-20(29-2)19(12-16)25-22(28)14-23-21(27)11-9-17-13-24-26(15-17)18-6-4-3-5-7-18/h3-8,10,12-13,15H,9,11,14H2,1-2H3,(H,23,27)(H,25,28). The molecular weight excluding hydrogens is 368 g/mol. The molecule has 2 N–H and O–H groups in total. The summed E-state index contributed by atoms with van der Waals surface area (Å²) in [5.41, 5.74) is 3.51. The van der Waals surface area contributed by atoms with E-state index in [0.717, 1.165) is 16.8 Å². The molecule has 7 nitrogen and oxygen atoms in total. The predicted molar refractivity (Wildman–Crippen MR) is 111 cm³/mol. The van der Waals surface area contributed by atoms with Gasteiger partial charge in [-0.1, -0.05) is 24.3 Å². The summed E-state index contributed by atoms with van der Waals surface area (Å²) in [4.78, 5) is 24.2. The van der Waals surface area contributed by atoms with Crippen LogP contribution in [0.2, 0.25) is 0 Å². The molecule has 0 fully saturated rings. The Kier molecular flexibility index (Phi) is 6.63. The molecule has 0 radical (unpaired) electrons. The first kappa shape index (κ1) is 20.1. The van der Waals surface area contributed by atoms with Gasteiger partial charge >= 0.3 is 0 Å². The van der Waals surface area contributed by atoms with Crippen LogP contribution in [-0.2, 0) is 16.0 Å². The smallest absolute Gasteiger partial charge is 0.243 e. The van der Waals surface area contributed by atoms with Gasteiger partial charge < -0.3 is 15.4 Å². The number of rotatable bonds is 8. The molecule has 0 aliphatic carbocycles. The van der Waals surface area contributed by atoms with E-state index in [1.54, 1.807) is 24.1 Å². The molecule has 150 valence electrons. The van der Waals surface area contributed by atoms with Gasteiger partial charge in [0.15, 0.2) is 0 Å². The largest absolute Gasteiger partial charge is 0.495 e. The van der Waals surface area contributed by atoms with Gasteiger partial charge in [0.2, 0.25) is 11.8 Å². The van der Waals surface area contributed by atoms with E-state index in [-0.39, 0.29) is 24.8 Å². The third kappa shape index (κ3) is 5.68. The molecule has 0 aliphatic heterocycles. The van der Waals surface area contributed by atoms with Crippen molar-refractivity contribution in [1.29, 1.82) is 0 Å². The quantitative estimate of drug-likeness (QED) is 0.617. The first-order chi connectivity index (χ1) is 14.0. The number of aryl methyl sites for hydroxylation is 2. The number of ether oxygens (including phenoxy) is 1. The molecule has 0 aliphatic rings. The SMILES string of the molecule is COc1ccc(C)cc1NC(=O)CNC(=O)CCc1cnn(-c2ccccc2)c1. The number of hydrogen-bond acceptors (Lipinski definition) is 4. The summed E-state index contributed by atoms with van der Waals surface area (Å²) in [5.74, 6) is 0.0775. The Morgan fingerprint density at radius 1 is 1.10 bits per heavy atom. The van der Waals surface area contributed by atoms with Crippen LogP contribution in [0.1, 0.15) is 17.5 Å². The highest BCUT2D eigenvalue weighted by Crippen LogP contribution is 2.24. The topological polar surface area (TPSA) is 85.2 Å².